The van der Waals surface area contributed by atoms with Crippen molar-refractivity contribution in [3.8, 4) is 5.75 Å². The number of H-pyrrole nitrogens is 1. The molecule has 0 aliphatic rings. The number of benzene rings is 2. The average molecular weight is 335 g/mol. The van der Waals surface area contributed by atoms with E-state index in [0.717, 1.165) is 23.1 Å². The summed E-state index contributed by atoms with van der Waals surface area (Å²) in [6.07, 6.45) is 2.72. The predicted octanol–water partition coefficient (Wildman–Crippen LogP) is 5.29. The fourth-order valence-corrected chi connectivity index (χ4v) is 3.02. The van der Waals surface area contributed by atoms with E-state index in [1.165, 1.54) is 11.1 Å². The number of carbonyl (C=O) groups is 1. The van der Waals surface area contributed by atoms with Gasteiger partial charge in [-0.15, -0.1) is 0 Å². The van der Waals surface area contributed by atoms with Gasteiger partial charge in [-0.25, -0.2) is 0 Å². The van der Waals surface area contributed by atoms with Crippen LogP contribution in [0, 0.1) is 0 Å². The number of nitrogens with one attached hydrogen (secondary N) is 1. The lowest BCUT2D eigenvalue weighted by atomic mass is 9.87. The minimum atomic E-state index is -0.0144. The Kier molecular flexibility index (Phi) is 4.67. The maximum Gasteiger partial charge on any atom is 0.202 e. The van der Waals surface area contributed by atoms with Crippen LogP contribution in [0.3, 0.4) is 0 Å². The van der Waals surface area contributed by atoms with Crippen molar-refractivity contribution >= 4 is 16.7 Å². The molecule has 0 amide bonds. The first-order chi connectivity index (χ1) is 11.9. The summed E-state index contributed by atoms with van der Waals surface area (Å²) in [5, 5.41) is 0.969. The maximum atomic E-state index is 12.6. The Morgan fingerprint density at radius 1 is 1.08 bits per heavy atom. The van der Waals surface area contributed by atoms with E-state index in [4.69, 9.17) is 4.74 Å². The summed E-state index contributed by atoms with van der Waals surface area (Å²) < 4.78 is 5.70. The highest BCUT2D eigenvalue weighted by Gasteiger charge is 2.15. The smallest absolute Gasteiger partial charge is 0.202 e. The highest BCUT2D eigenvalue weighted by molar-refractivity contribution is 6.09. The number of aromatic nitrogens is 1. The summed E-state index contributed by atoms with van der Waals surface area (Å²) in [5.74, 6) is 0.704. The number of Topliss-reactive ketones (excluding diaryl/α,β-unsaturated/α-hetero) is 1. The van der Waals surface area contributed by atoms with Crippen LogP contribution in [0.15, 0.2) is 48.7 Å². The highest BCUT2D eigenvalue weighted by atomic mass is 16.5. The van der Waals surface area contributed by atoms with E-state index in [1.54, 1.807) is 6.20 Å². The van der Waals surface area contributed by atoms with Crippen molar-refractivity contribution in [2.45, 2.75) is 39.5 Å². The highest BCUT2D eigenvalue weighted by Crippen LogP contribution is 2.25. The quantitative estimate of drug-likeness (QED) is 0.644. The SMILES string of the molecule is CCc1cccc2c(C(=O)COc3ccc(C(C)(C)C)cc3)c[nH]c12. The molecule has 0 spiro atoms. The molecule has 1 N–H and O–H groups in total. The van der Waals surface area contributed by atoms with Crippen LogP contribution in [0.25, 0.3) is 10.9 Å². The Hall–Kier alpha value is -2.55. The van der Waals surface area contributed by atoms with Crippen LogP contribution in [0.4, 0.5) is 0 Å². The standard InChI is InChI=1S/C22H25NO2/c1-5-15-7-6-8-18-19(13-23-21(15)18)20(24)14-25-17-11-9-16(10-12-17)22(2,3)4/h6-13,23H,5,14H2,1-4H3. The number of aromatic amines is 1. The van der Waals surface area contributed by atoms with E-state index in [1.807, 2.05) is 24.3 Å². The summed E-state index contributed by atoms with van der Waals surface area (Å²) in [5.41, 5.74) is 4.31. The summed E-state index contributed by atoms with van der Waals surface area (Å²) >= 11 is 0. The minimum Gasteiger partial charge on any atom is -0.485 e. The number of hydrogen-bond donors (Lipinski definition) is 1. The molecule has 3 aromatic rings. The Labute approximate surface area is 149 Å². The first kappa shape index (κ1) is 17.3. The molecule has 3 heteroatoms. The second-order valence-electron chi connectivity index (χ2n) is 7.38. The topological polar surface area (TPSA) is 42.1 Å². The van der Waals surface area contributed by atoms with Crippen molar-refractivity contribution in [1.29, 1.82) is 0 Å². The van der Waals surface area contributed by atoms with Crippen LogP contribution < -0.4 is 4.74 Å². The van der Waals surface area contributed by atoms with Gasteiger partial charge < -0.3 is 9.72 Å². The molecule has 0 aliphatic carbocycles. The summed E-state index contributed by atoms with van der Waals surface area (Å²) in [6.45, 7) is 8.68. The first-order valence-electron chi connectivity index (χ1n) is 8.75. The molecule has 130 valence electrons. The van der Waals surface area contributed by atoms with Gasteiger partial charge in [-0.05, 0) is 35.1 Å². The average Bonchev–Trinajstić information content (AvgIpc) is 3.03. The van der Waals surface area contributed by atoms with Crippen LogP contribution in [0.5, 0.6) is 5.75 Å². The number of ether oxygens (including phenoxy) is 1. The van der Waals surface area contributed by atoms with Crippen molar-refractivity contribution in [3.05, 3.63) is 65.4 Å². The molecule has 0 saturated heterocycles. The fraction of sp³-hybridized carbons (Fsp3) is 0.318. The van der Waals surface area contributed by atoms with E-state index in [0.29, 0.717) is 5.56 Å². The van der Waals surface area contributed by atoms with Gasteiger partial charge >= 0.3 is 0 Å². The third-order valence-electron chi connectivity index (χ3n) is 4.57. The lowest BCUT2D eigenvalue weighted by Gasteiger charge is -2.19. The van der Waals surface area contributed by atoms with Crippen molar-refractivity contribution in [2.24, 2.45) is 0 Å². The third kappa shape index (κ3) is 3.60. The van der Waals surface area contributed by atoms with Crippen molar-refractivity contribution in [2.75, 3.05) is 6.61 Å². The van der Waals surface area contributed by atoms with Gasteiger partial charge in [-0.3, -0.25) is 4.79 Å². The Morgan fingerprint density at radius 3 is 2.44 bits per heavy atom. The zero-order valence-electron chi connectivity index (χ0n) is 15.3. The summed E-state index contributed by atoms with van der Waals surface area (Å²) in [6, 6.07) is 14.0. The predicted molar refractivity (Wildman–Crippen MR) is 103 cm³/mol. The summed E-state index contributed by atoms with van der Waals surface area (Å²) in [7, 11) is 0. The van der Waals surface area contributed by atoms with Crippen molar-refractivity contribution < 1.29 is 9.53 Å². The second kappa shape index (κ2) is 6.75. The first-order valence-corrected chi connectivity index (χ1v) is 8.75. The zero-order valence-corrected chi connectivity index (χ0v) is 15.3. The van der Waals surface area contributed by atoms with Gasteiger partial charge in [-0.1, -0.05) is 58.0 Å². The Bertz CT molecular complexity index is 883. The molecule has 3 nitrogen and oxygen atoms in total. The van der Waals surface area contributed by atoms with Crippen molar-refractivity contribution in [1.82, 2.24) is 4.98 Å². The molecule has 25 heavy (non-hydrogen) atoms. The second-order valence-corrected chi connectivity index (χ2v) is 7.38. The van der Waals surface area contributed by atoms with Gasteiger partial charge in [-0.2, -0.15) is 0 Å². The van der Waals surface area contributed by atoms with E-state index < -0.39 is 0 Å². The zero-order chi connectivity index (χ0) is 18.0. The number of carbonyl (C=O) groups excluding carboxylic acids is 1. The molecule has 0 atom stereocenters. The molecule has 0 saturated carbocycles. The number of para-hydroxylation sites is 1. The van der Waals surface area contributed by atoms with Crippen LogP contribution in [-0.2, 0) is 11.8 Å². The van der Waals surface area contributed by atoms with Crippen LogP contribution in [0.1, 0.15) is 49.2 Å². The maximum absolute atomic E-state index is 12.6. The number of ketones is 1. The molecule has 0 unspecified atom stereocenters. The normalized spacial score (nSPS) is 11.7. The van der Waals surface area contributed by atoms with Gasteiger partial charge in [0.2, 0.25) is 5.78 Å². The van der Waals surface area contributed by atoms with E-state index in [2.05, 4.69) is 50.9 Å². The monoisotopic (exact) mass is 335 g/mol. The molecule has 1 aromatic heterocycles. The molecule has 0 fully saturated rings. The molecular weight excluding hydrogens is 310 g/mol. The van der Waals surface area contributed by atoms with E-state index >= 15 is 0 Å². The molecule has 2 aromatic carbocycles. The molecule has 1 heterocycles. The molecular formula is C22H25NO2. The lowest BCUT2D eigenvalue weighted by Crippen LogP contribution is -2.12. The van der Waals surface area contributed by atoms with Gasteiger partial charge in [0.05, 0.1) is 0 Å². The number of aryl methyl sites for hydroxylation is 1. The van der Waals surface area contributed by atoms with Gasteiger partial charge in [0.15, 0.2) is 6.61 Å². The van der Waals surface area contributed by atoms with E-state index in [-0.39, 0.29) is 17.8 Å². The Morgan fingerprint density at radius 2 is 1.80 bits per heavy atom. The summed E-state index contributed by atoms with van der Waals surface area (Å²) in [4.78, 5) is 15.8. The van der Waals surface area contributed by atoms with Crippen molar-refractivity contribution in [3.63, 3.8) is 0 Å². The molecule has 0 bridgehead atoms. The largest absolute Gasteiger partial charge is 0.485 e. The number of hydrogen-bond acceptors (Lipinski definition) is 2. The van der Waals surface area contributed by atoms with Gasteiger partial charge in [0.1, 0.15) is 5.75 Å². The van der Waals surface area contributed by atoms with Crippen LogP contribution in [0.2, 0.25) is 0 Å². The molecule has 0 radical (unpaired) electrons. The third-order valence-corrected chi connectivity index (χ3v) is 4.57. The Balaban J connectivity index is 1.73. The lowest BCUT2D eigenvalue weighted by molar-refractivity contribution is 0.0923. The van der Waals surface area contributed by atoms with Gasteiger partial charge in [0, 0.05) is 22.7 Å². The number of fused-ring (bicyclic) bond motifs is 1. The minimum absolute atomic E-state index is 0.0144. The van der Waals surface area contributed by atoms with E-state index in [9.17, 15) is 4.79 Å². The van der Waals surface area contributed by atoms with Crippen LogP contribution >= 0.6 is 0 Å². The fourth-order valence-electron chi connectivity index (χ4n) is 3.02. The number of rotatable bonds is 5. The van der Waals surface area contributed by atoms with Gasteiger partial charge in [0.25, 0.3) is 0 Å². The molecule has 3 rings (SSSR count). The molecule has 0 aliphatic heterocycles. The van der Waals surface area contributed by atoms with Crippen LogP contribution in [-0.4, -0.2) is 17.4 Å².